The van der Waals surface area contributed by atoms with Crippen LogP contribution in [0.15, 0.2) is 0 Å². The maximum Gasteiger partial charge on any atom is 0.319 e. The Morgan fingerprint density at radius 2 is 1.50 bits per heavy atom. The second-order valence-corrected chi connectivity index (χ2v) is 6.25. The molecule has 0 aliphatic carbocycles. The van der Waals surface area contributed by atoms with Crippen LogP contribution < -0.4 is 0 Å². The van der Waals surface area contributed by atoms with Crippen LogP contribution in [-0.4, -0.2) is 42.0 Å². The lowest BCUT2D eigenvalue weighted by Crippen LogP contribution is -2.52. The first-order chi connectivity index (χ1) is 7.48. The quantitative estimate of drug-likeness (QED) is 0.620. The number of carbonyl (C=O) groups is 1. The fourth-order valence-corrected chi connectivity index (χ4v) is 2.64. The number of piperidine rings is 1. The van der Waals surface area contributed by atoms with Crippen molar-refractivity contribution in [3.05, 3.63) is 0 Å². The fourth-order valence-electron chi connectivity index (χ4n) is 2.64. The normalized spacial score (nSPS) is 23.2. The summed E-state index contributed by atoms with van der Waals surface area (Å²) >= 11 is 0. The summed E-state index contributed by atoms with van der Waals surface area (Å²) in [7, 11) is 0. The monoisotopic (exact) mass is 224 g/mol. The highest BCUT2D eigenvalue weighted by Crippen LogP contribution is 2.34. The van der Waals surface area contributed by atoms with Crippen LogP contribution >= 0.6 is 0 Å². The van der Waals surface area contributed by atoms with E-state index in [1.807, 2.05) is 9.80 Å². The third kappa shape index (κ3) is 2.33. The van der Waals surface area contributed by atoms with Gasteiger partial charge in [-0.2, -0.15) is 0 Å². The van der Waals surface area contributed by atoms with Crippen LogP contribution in [0.5, 0.6) is 0 Å². The smallest absolute Gasteiger partial charge is 0.319 e. The summed E-state index contributed by atoms with van der Waals surface area (Å²) < 4.78 is 0. The molecule has 0 aromatic heterocycles. The molecule has 92 valence electrons. The summed E-state index contributed by atoms with van der Waals surface area (Å²) in [5.41, 5.74) is 0.395. The Morgan fingerprint density at radius 3 is 1.88 bits per heavy atom. The molecule has 2 fully saturated rings. The van der Waals surface area contributed by atoms with Crippen molar-refractivity contribution >= 4 is 6.03 Å². The molecule has 0 unspecified atom stereocenters. The van der Waals surface area contributed by atoms with Gasteiger partial charge in [0.05, 0.1) is 0 Å². The molecule has 0 aromatic carbocycles. The molecule has 3 nitrogen and oxygen atoms in total. The number of nitrogens with zero attached hydrogens (tertiary/aromatic N) is 2. The van der Waals surface area contributed by atoms with E-state index in [9.17, 15) is 4.79 Å². The molecule has 0 atom stereocenters. The van der Waals surface area contributed by atoms with Crippen LogP contribution in [0, 0.1) is 11.3 Å². The van der Waals surface area contributed by atoms with E-state index in [0.29, 0.717) is 5.41 Å². The van der Waals surface area contributed by atoms with Crippen LogP contribution in [0.2, 0.25) is 0 Å². The molecule has 0 bridgehead atoms. The van der Waals surface area contributed by atoms with Crippen LogP contribution in [0.4, 0.5) is 4.79 Å². The van der Waals surface area contributed by atoms with E-state index >= 15 is 0 Å². The van der Waals surface area contributed by atoms with E-state index in [4.69, 9.17) is 0 Å². The Bertz CT molecular complexity index is 258. The standard InChI is InChI=1S/C13H24N2O/c1-13(2,3)11-5-9-15(10-6-11)12(16)14-7-4-8-14/h11H,4-10H2,1-3H3. The summed E-state index contributed by atoms with van der Waals surface area (Å²) in [5.74, 6) is 0.771. The lowest BCUT2D eigenvalue weighted by molar-refractivity contribution is 0.0883. The first-order valence-corrected chi connectivity index (χ1v) is 6.52. The first-order valence-electron chi connectivity index (χ1n) is 6.52. The first kappa shape index (κ1) is 11.7. The molecule has 2 heterocycles. The third-order valence-corrected chi connectivity index (χ3v) is 4.12. The molecule has 0 N–H and O–H groups in total. The second kappa shape index (κ2) is 4.27. The largest absolute Gasteiger partial charge is 0.325 e. The molecule has 2 aliphatic rings. The average molecular weight is 224 g/mol. The molecular weight excluding hydrogens is 200 g/mol. The zero-order valence-corrected chi connectivity index (χ0v) is 10.8. The number of carbonyl (C=O) groups excluding carboxylic acids is 1. The lowest BCUT2D eigenvalue weighted by atomic mass is 9.75. The molecule has 2 rings (SSSR count). The van der Waals surface area contributed by atoms with Gasteiger partial charge < -0.3 is 9.80 Å². The van der Waals surface area contributed by atoms with E-state index < -0.39 is 0 Å². The second-order valence-electron chi connectivity index (χ2n) is 6.25. The van der Waals surface area contributed by atoms with Crippen LogP contribution in [0.1, 0.15) is 40.0 Å². The zero-order valence-electron chi connectivity index (χ0n) is 10.8. The van der Waals surface area contributed by atoms with Gasteiger partial charge in [-0.05, 0) is 30.6 Å². The van der Waals surface area contributed by atoms with Gasteiger partial charge in [0.25, 0.3) is 0 Å². The highest BCUT2D eigenvalue weighted by atomic mass is 16.2. The van der Waals surface area contributed by atoms with Crippen molar-refractivity contribution in [1.29, 1.82) is 0 Å². The zero-order chi connectivity index (χ0) is 11.8. The van der Waals surface area contributed by atoms with Crippen molar-refractivity contribution in [3.63, 3.8) is 0 Å². The summed E-state index contributed by atoms with van der Waals surface area (Å²) in [6.07, 6.45) is 3.52. The number of likely N-dealkylation sites (tertiary alicyclic amines) is 2. The topological polar surface area (TPSA) is 23.6 Å². The van der Waals surface area contributed by atoms with Crippen molar-refractivity contribution in [2.24, 2.45) is 11.3 Å². The maximum atomic E-state index is 12.0. The van der Waals surface area contributed by atoms with Gasteiger partial charge in [-0.25, -0.2) is 4.79 Å². The van der Waals surface area contributed by atoms with Gasteiger partial charge in [0.15, 0.2) is 0 Å². The van der Waals surface area contributed by atoms with Crippen molar-refractivity contribution < 1.29 is 4.79 Å². The molecule has 2 aliphatic heterocycles. The summed E-state index contributed by atoms with van der Waals surface area (Å²) in [4.78, 5) is 16.0. The van der Waals surface area contributed by atoms with Gasteiger partial charge in [-0.15, -0.1) is 0 Å². The highest BCUT2D eigenvalue weighted by Gasteiger charge is 2.32. The predicted octanol–water partition coefficient (Wildman–Crippen LogP) is 2.57. The molecule has 16 heavy (non-hydrogen) atoms. The molecule has 0 aromatic rings. The molecule has 2 amide bonds. The van der Waals surface area contributed by atoms with E-state index in [2.05, 4.69) is 20.8 Å². The van der Waals surface area contributed by atoms with E-state index in [-0.39, 0.29) is 6.03 Å². The number of amides is 2. The van der Waals surface area contributed by atoms with Gasteiger partial charge in [0.1, 0.15) is 0 Å². The van der Waals surface area contributed by atoms with Gasteiger partial charge in [-0.3, -0.25) is 0 Å². The molecule has 3 heteroatoms. The molecule has 0 spiro atoms. The highest BCUT2D eigenvalue weighted by molar-refractivity contribution is 5.75. The minimum absolute atomic E-state index is 0.276. The molecule has 2 saturated heterocycles. The average Bonchev–Trinajstić information content (AvgIpc) is 2.14. The van der Waals surface area contributed by atoms with Gasteiger partial charge in [0.2, 0.25) is 0 Å². The number of urea groups is 1. The number of hydrogen-bond donors (Lipinski definition) is 0. The summed E-state index contributed by atoms with van der Waals surface area (Å²) in [5, 5.41) is 0. The van der Waals surface area contributed by atoms with E-state index in [1.165, 1.54) is 19.3 Å². The molecular formula is C13H24N2O. The Labute approximate surface area is 98.8 Å². The van der Waals surface area contributed by atoms with Gasteiger partial charge >= 0.3 is 6.03 Å². The molecule has 0 saturated carbocycles. The minimum Gasteiger partial charge on any atom is -0.325 e. The van der Waals surface area contributed by atoms with Crippen LogP contribution in [0.25, 0.3) is 0 Å². The third-order valence-electron chi connectivity index (χ3n) is 4.12. The Kier molecular flexibility index (Phi) is 3.13. The minimum atomic E-state index is 0.276. The summed E-state index contributed by atoms with van der Waals surface area (Å²) in [6.45, 7) is 10.8. The number of rotatable bonds is 0. The number of hydrogen-bond acceptors (Lipinski definition) is 1. The van der Waals surface area contributed by atoms with E-state index in [0.717, 1.165) is 32.1 Å². The Morgan fingerprint density at radius 1 is 1.00 bits per heavy atom. The van der Waals surface area contributed by atoms with Crippen molar-refractivity contribution in [3.8, 4) is 0 Å². The Balaban J connectivity index is 1.82. The van der Waals surface area contributed by atoms with E-state index in [1.54, 1.807) is 0 Å². The Hall–Kier alpha value is -0.730. The predicted molar refractivity (Wildman–Crippen MR) is 65.3 cm³/mol. The van der Waals surface area contributed by atoms with Crippen LogP contribution in [-0.2, 0) is 0 Å². The fraction of sp³-hybridized carbons (Fsp3) is 0.923. The molecule has 0 radical (unpaired) electrons. The summed E-state index contributed by atoms with van der Waals surface area (Å²) in [6, 6.07) is 0.276. The maximum absolute atomic E-state index is 12.0. The van der Waals surface area contributed by atoms with Crippen molar-refractivity contribution in [2.75, 3.05) is 26.2 Å². The van der Waals surface area contributed by atoms with Gasteiger partial charge in [-0.1, -0.05) is 20.8 Å². The SMILES string of the molecule is CC(C)(C)C1CCN(C(=O)N2CCC2)CC1. The van der Waals surface area contributed by atoms with Crippen molar-refractivity contribution in [1.82, 2.24) is 9.80 Å². The van der Waals surface area contributed by atoms with Gasteiger partial charge in [0, 0.05) is 26.2 Å². The van der Waals surface area contributed by atoms with Crippen LogP contribution in [0.3, 0.4) is 0 Å². The lowest BCUT2D eigenvalue weighted by Gasteiger charge is -2.42. The van der Waals surface area contributed by atoms with Crippen molar-refractivity contribution in [2.45, 2.75) is 40.0 Å².